The number of amides is 5. The van der Waals surface area contributed by atoms with Gasteiger partial charge in [0.05, 0.1) is 12.6 Å². The number of urea groups is 2. The van der Waals surface area contributed by atoms with Gasteiger partial charge in [0, 0.05) is 55.9 Å². The Labute approximate surface area is 242 Å². The van der Waals surface area contributed by atoms with Crippen LogP contribution < -0.4 is 20.7 Å². The van der Waals surface area contributed by atoms with E-state index in [0.717, 1.165) is 44.8 Å². The van der Waals surface area contributed by atoms with Gasteiger partial charge in [-0.05, 0) is 61.6 Å². The Morgan fingerprint density at radius 3 is 2.50 bits per heavy atom. The maximum Gasteiger partial charge on any atom is 0.325 e. The highest BCUT2D eigenvalue weighted by atomic mass is 19.1. The van der Waals surface area contributed by atoms with E-state index in [4.69, 9.17) is 4.74 Å². The van der Waals surface area contributed by atoms with Gasteiger partial charge in [0.15, 0.2) is 11.6 Å². The lowest BCUT2D eigenvalue weighted by atomic mass is 10.1. The minimum Gasteiger partial charge on any atom is -0.454 e. The Kier molecular flexibility index (Phi) is 9.22. The van der Waals surface area contributed by atoms with Gasteiger partial charge in [-0.25, -0.2) is 18.4 Å². The van der Waals surface area contributed by atoms with Crippen LogP contribution in [0.4, 0.5) is 24.1 Å². The summed E-state index contributed by atoms with van der Waals surface area (Å²) in [5.74, 6) is -1.55. The molecule has 3 aromatic rings. The van der Waals surface area contributed by atoms with Gasteiger partial charge < -0.3 is 20.3 Å². The molecule has 0 spiro atoms. The zero-order valence-corrected chi connectivity index (χ0v) is 22.9. The van der Waals surface area contributed by atoms with E-state index in [2.05, 4.69) is 25.8 Å². The van der Waals surface area contributed by atoms with Crippen LogP contribution in [-0.4, -0.2) is 58.6 Å². The quantitative estimate of drug-likeness (QED) is 0.355. The van der Waals surface area contributed by atoms with Gasteiger partial charge in [-0.15, -0.1) is 0 Å². The molecule has 2 saturated heterocycles. The van der Waals surface area contributed by atoms with Crippen LogP contribution >= 0.6 is 0 Å². The van der Waals surface area contributed by atoms with Gasteiger partial charge in [-0.1, -0.05) is 12.1 Å². The Hall–Kier alpha value is -4.58. The number of hydrogen-bond donors (Lipinski definition) is 3. The smallest absolute Gasteiger partial charge is 0.325 e. The molecule has 1 unspecified atom stereocenters. The fourth-order valence-corrected chi connectivity index (χ4v) is 5.23. The van der Waals surface area contributed by atoms with Crippen LogP contribution in [0.15, 0.2) is 60.9 Å². The number of pyridine rings is 1. The van der Waals surface area contributed by atoms with E-state index in [1.165, 1.54) is 42.6 Å². The number of nitrogens with one attached hydrogen (secondary N) is 3. The summed E-state index contributed by atoms with van der Waals surface area (Å²) in [5.41, 5.74) is 1.21. The fourth-order valence-electron chi connectivity index (χ4n) is 5.23. The third kappa shape index (κ3) is 7.38. The third-order valence-corrected chi connectivity index (χ3v) is 7.27. The predicted octanol–water partition coefficient (Wildman–Crippen LogP) is 4.77. The van der Waals surface area contributed by atoms with Crippen molar-refractivity contribution in [3.8, 4) is 11.5 Å². The SMILES string of the molecule is O=C(Cc1ccc(F)cc1)NC(=O)Nc1ccc(Oc2ccncc2CNC(=O)N2CCCC2N2CCCC2)c(F)c1. The maximum atomic E-state index is 14.9. The summed E-state index contributed by atoms with van der Waals surface area (Å²) >= 11 is 0. The molecule has 220 valence electrons. The number of likely N-dealkylation sites (tertiary alicyclic amines) is 2. The van der Waals surface area contributed by atoms with Crippen molar-refractivity contribution in [2.24, 2.45) is 0 Å². The molecule has 10 nitrogen and oxygen atoms in total. The van der Waals surface area contributed by atoms with Crippen LogP contribution in [0.25, 0.3) is 0 Å². The number of rotatable bonds is 8. The predicted molar refractivity (Wildman–Crippen MR) is 151 cm³/mol. The van der Waals surface area contributed by atoms with E-state index in [-0.39, 0.29) is 36.6 Å². The molecule has 1 atom stereocenters. The van der Waals surface area contributed by atoms with Crippen LogP contribution in [0, 0.1) is 11.6 Å². The molecule has 2 aliphatic rings. The van der Waals surface area contributed by atoms with Crippen LogP contribution in [0.2, 0.25) is 0 Å². The van der Waals surface area contributed by atoms with Crippen molar-refractivity contribution in [1.29, 1.82) is 0 Å². The van der Waals surface area contributed by atoms with Crippen molar-refractivity contribution < 1.29 is 27.9 Å². The van der Waals surface area contributed by atoms with E-state index < -0.39 is 23.6 Å². The van der Waals surface area contributed by atoms with Gasteiger partial charge in [-0.3, -0.25) is 20.0 Å². The highest BCUT2D eigenvalue weighted by Gasteiger charge is 2.34. The number of imide groups is 1. The largest absolute Gasteiger partial charge is 0.454 e. The number of hydrogen-bond acceptors (Lipinski definition) is 6. The van der Waals surface area contributed by atoms with Crippen LogP contribution in [0.3, 0.4) is 0 Å². The Morgan fingerprint density at radius 1 is 0.952 bits per heavy atom. The fraction of sp³-hybridized carbons (Fsp3) is 0.333. The lowest BCUT2D eigenvalue weighted by molar-refractivity contribution is -0.119. The second-order valence-corrected chi connectivity index (χ2v) is 10.3. The minimum absolute atomic E-state index is 0.0965. The standard InChI is InChI=1S/C30H32F2N6O4/c31-22-7-5-20(6-8-22)16-27(39)36-29(40)35-23-9-10-26(24(32)17-23)42-25-11-12-33-18-21(25)19-34-30(41)38-15-3-4-28(38)37-13-1-2-14-37/h5-12,17-18,28H,1-4,13-16,19H2,(H,34,41)(H2,35,36,39,40). The maximum absolute atomic E-state index is 14.9. The van der Waals surface area contributed by atoms with Crippen LogP contribution in [0.1, 0.15) is 36.8 Å². The van der Waals surface area contributed by atoms with Crippen molar-refractivity contribution in [3.05, 3.63) is 83.7 Å². The van der Waals surface area contributed by atoms with Crippen molar-refractivity contribution in [2.45, 2.75) is 44.8 Å². The molecule has 2 fully saturated rings. The number of ether oxygens (including phenoxy) is 1. The Balaban J connectivity index is 1.15. The van der Waals surface area contributed by atoms with Gasteiger partial charge in [0.2, 0.25) is 5.91 Å². The van der Waals surface area contributed by atoms with E-state index in [1.54, 1.807) is 12.3 Å². The number of aromatic nitrogens is 1. The van der Waals surface area contributed by atoms with E-state index in [1.807, 2.05) is 4.90 Å². The number of anilines is 1. The topological polar surface area (TPSA) is 116 Å². The summed E-state index contributed by atoms with van der Waals surface area (Å²) in [6.07, 6.45) is 7.29. The molecule has 0 saturated carbocycles. The Bertz CT molecular complexity index is 1430. The van der Waals surface area contributed by atoms with Crippen molar-refractivity contribution in [2.75, 3.05) is 25.0 Å². The molecule has 3 heterocycles. The van der Waals surface area contributed by atoms with Crippen LogP contribution in [-0.2, 0) is 17.8 Å². The first-order valence-corrected chi connectivity index (χ1v) is 13.9. The normalized spacial score (nSPS) is 16.7. The molecule has 12 heteroatoms. The molecule has 0 aliphatic carbocycles. The first-order valence-electron chi connectivity index (χ1n) is 13.9. The first kappa shape index (κ1) is 28.9. The summed E-state index contributed by atoms with van der Waals surface area (Å²) in [7, 11) is 0. The molecule has 42 heavy (non-hydrogen) atoms. The molecule has 2 aromatic carbocycles. The lowest BCUT2D eigenvalue weighted by Crippen LogP contribution is -2.49. The van der Waals surface area contributed by atoms with Crippen molar-refractivity contribution in [1.82, 2.24) is 25.4 Å². The second kappa shape index (κ2) is 13.4. The molecular formula is C30H32F2N6O4. The average molecular weight is 579 g/mol. The first-order chi connectivity index (χ1) is 20.4. The van der Waals surface area contributed by atoms with Gasteiger partial charge in [-0.2, -0.15) is 0 Å². The number of halogens is 2. The molecule has 0 bridgehead atoms. The highest BCUT2D eigenvalue weighted by Crippen LogP contribution is 2.29. The van der Waals surface area contributed by atoms with Crippen molar-refractivity contribution in [3.63, 3.8) is 0 Å². The van der Waals surface area contributed by atoms with Gasteiger partial charge in [0.25, 0.3) is 0 Å². The van der Waals surface area contributed by atoms with E-state index in [0.29, 0.717) is 23.4 Å². The second-order valence-electron chi connectivity index (χ2n) is 10.3. The molecule has 5 rings (SSSR count). The average Bonchev–Trinajstić information content (AvgIpc) is 3.67. The van der Waals surface area contributed by atoms with Crippen LogP contribution in [0.5, 0.6) is 11.5 Å². The molecule has 3 N–H and O–H groups in total. The van der Waals surface area contributed by atoms with E-state index in [9.17, 15) is 23.2 Å². The molecule has 0 radical (unpaired) electrons. The summed E-state index contributed by atoms with van der Waals surface area (Å²) in [6.45, 7) is 2.87. The summed E-state index contributed by atoms with van der Waals surface area (Å²) in [6, 6.07) is 9.75. The van der Waals surface area contributed by atoms with Gasteiger partial charge in [0.1, 0.15) is 11.6 Å². The molecule has 5 amide bonds. The summed E-state index contributed by atoms with van der Waals surface area (Å²) < 4.78 is 33.7. The zero-order valence-electron chi connectivity index (χ0n) is 22.9. The number of carbonyl (C=O) groups is 3. The summed E-state index contributed by atoms with van der Waals surface area (Å²) in [4.78, 5) is 45.7. The zero-order chi connectivity index (χ0) is 29.5. The molecular weight excluding hydrogens is 546 g/mol. The highest BCUT2D eigenvalue weighted by molar-refractivity contribution is 6.01. The van der Waals surface area contributed by atoms with Gasteiger partial charge >= 0.3 is 12.1 Å². The Morgan fingerprint density at radius 2 is 1.74 bits per heavy atom. The molecule has 1 aromatic heterocycles. The monoisotopic (exact) mass is 578 g/mol. The van der Waals surface area contributed by atoms with Crippen molar-refractivity contribution >= 4 is 23.7 Å². The number of benzene rings is 2. The lowest BCUT2D eigenvalue weighted by Gasteiger charge is -2.32. The third-order valence-electron chi connectivity index (χ3n) is 7.27. The number of nitrogens with zero attached hydrogens (tertiary/aromatic N) is 3. The minimum atomic E-state index is -0.840. The number of carbonyl (C=O) groups excluding carboxylic acids is 3. The van der Waals surface area contributed by atoms with E-state index >= 15 is 0 Å². The summed E-state index contributed by atoms with van der Waals surface area (Å²) in [5, 5.41) is 7.50. The molecule has 2 aliphatic heterocycles.